The molecule has 1 fully saturated rings. The maximum Gasteiger partial charge on any atom is 0.222 e. The molecule has 0 bridgehead atoms. The van der Waals surface area contributed by atoms with Crippen LogP contribution in [-0.2, 0) is 11.3 Å². The van der Waals surface area contributed by atoms with Crippen molar-refractivity contribution in [1.82, 2.24) is 14.5 Å². The zero-order valence-corrected chi connectivity index (χ0v) is 9.80. The van der Waals surface area contributed by atoms with Crippen LogP contribution < -0.4 is 0 Å². The molecule has 1 aliphatic rings. The molecule has 2 rings (SSSR count). The highest BCUT2D eigenvalue weighted by Crippen LogP contribution is 2.21. The SMILES string of the molecule is CCCC1CC(=O)N(CCn2ccnc2)C1. The van der Waals surface area contributed by atoms with Crippen LogP contribution in [0.25, 0.3) is 0 Å². The lowest BCUT2D eigenvalue weighted by Crippen LogP contribution is -2.28. The second kappa shape index (κ2) is 5.14. The van der Waals surface area contributed by atoms with Crippen molar-refractivity contribution in [2.75, 3.05) is 13.1 Å². The van der Waals surface area contributed by atoms with E-state index >= 15 is 0 Å². The Morgan fingerprint density at radius 1 is 1.50 bits per heavy atom. The van der Waals surface area contributed by atoms with Crippen LogP contribution in [0.15, 0.2) is 18.7 Å². The zero-order chi connectivity index (χ0) is 11.4. The van der Waals surface area contributed by atoms with Crippen molar-refractivity contribution in [2.45, 2.75) is 32.7 Å². The number of amides is 1. The number of rotatable bonds is 5. The van der Waals surface area contributed by atoms with Gasteiger partial charge in [-0.05, 0) is 12.3 Å². The van der Waals surface area contributed by atoms with E-state index < -0.39 is 0 Å². The predicted molar refractivity (Wildman–Crippen MR) is 61.8 cm³/mol. The largest absolute Gasteiger partial charge is 0.341 e. The van der Waals surface area contributed by atoms with Gasteiger partial charge in [0, 0.05) is 38.4 Å². The monoisotopic (exact) mass is 221 g/mol. The first-order valence-electron chi connectivity index (χ1n) is 6.03. The lowest BCUT2D eigenvalue weighted by atomic mass is 10.0. The summed E-state index contributed by atoms with van der Waals surface area (Å²) >= 11 is 0. The third-order valence-corrected chi connectivity index (χ3v) is 3.18. The molecule has 0 spiro atoms. The lowest BCUT2D eigenvalue weighted by Gasteiger charge is -2.16. The fourth-order valence-electron chi connectivity index (χ4n) is 2.33. The fraction of sp³-hybridized carbons (Fsp3) is 0.667. The van der Waals surface area contributed by atoms with Crippen LogP contribution in [0, 0.1) is 5.92 Å². The van der Waals surface area contributed by atoms with Gasteiger partial charge in [0.1, 0.15) is 0 Å². The molecule has 2 heterocycles. The first-order chi connectivity index (χ1) is 7.79. The topological polar surface area (TPSA) is 38.1 Å². The van der Waals surface area contributed by atoms with E-state index in [1.807, 2.05) is 15.7 Å². The summed E-state index contributed by atoms with van der Waals surface area (Å²) in [4.78, 5) is 17.7. The Labute approximate surface area is 96.3 Å². The number of carbonyl (C=O) groups excluding carboxylic acids is 1. The minimum absolute atomic E-state index is 0.318. The highest BCUT2D eigenvalue weighted by atomic mass is 16.2. The van der Waals surface area contributed by atoms with E-state index in [1.54, 1.807) is 12.5 Å². The second-order valence-corrected chi connectivity index (χ2v) is 4.50. The third-order valence-electron chi connectivity index (χ3n) is 3.18. The minimum atomic E-state index is 0.318. The molecule has 1 aliphatic heterocycles. The maximum atomic E-state index is 11.7. The average Bonchev–Trinajstić information content (AvgIpc) is 2.86. The van der Waals surface area contributed by atoms with Crippen LogP contribution in [0.1, 0.15) is 26.2 Å². The van der Waals surface area contributed by atoms with Gasteiger partial charge in [-0.3, -0.25) is 4.79 Å². The molecule has 1 aromatic heterocycles. The standard InChI is InChI=1S/C12H19N3O/c1-2-3-11-8-12(16)15(9-11)7-6-14-5-4-13-10-14/h4-5,10-11H,2-3,6-9H2,1H3. The van der Waals surface area contributed by atoms with Gasteiger partial charge in [-0.1, -0.05) is 13.3 Å². The van der Waals surface area contributed by atoms with Gasteiger partial charge in [0.15, 0.2) is 0 Å². The summed E-state index contributed by atoms with van der Waals surface area (Å²) in [5.41, 5.74) is 0. The minimum Gasteiger partial charge on any atom is -0.341 e. The van der Waals surface area contributed by atoms with Crippen LogP contribution >= 0.6 is 0 Å². The van der Waals surface area contributed by atoms with Gasteiger partial charge in [-0.2, -0.15) is 0 Å². The first kappa shape index (κ1) is 11.2. The van der Waals surface area contributed by atoms with E-state index in [0.29, 0.717) is 11.8 Å². The number of hydrogen-bond donors (Lipinski definition) is 0. The van der Waals surface area contributed by atoms with Crippen LogP contribution in [-0.4, -0.2) is 33.4 Å². The van der Waals surface area contributed by atoms with Crippen LogP contribution in [0.4, 0.5) is 0 Å². The van der Waals surface area contributed by atoms with Crippen molar-refractivity contribution in [3.05, 3.63) is 18.7 Å². The molecule has 1 unspecified atom stereocenters. The molecule has 0 N–H and O–H groups in total. The van der Waals surface area contributed by atoms with Crippen molar-refractivity contribution in [2.24, 2.45) is 5.92 Å². The van der Waals surface area contributed by atoms with Gasteiger partial charge in [-0.25, -0.2) is 4.98 Å². The third kappa shape index (κ3) is 2.62. The number of likely N-dealkylation sites (tertiary alicyclic amines) is 1. The zero-order valence-electron chi connectivity index (χ0n) is 9.80. The molecule has 88 valence electrons. The first-order valence-corrected chi connectivity index (χ1v) is 6.03. The van der Waals surface area contributed by atoms with E-state index in [0.717, 1.165) is 26.1 Å². The van der Waals surface area contributed by atoms with Gasteiger partial charge in [0.05, 0.1) is 6.33 Å². The molecule has 16 heavy (non-hydrogen) atoms. The van der Waals surface area contributed by atoms with Crippen molar-refractivity contribution in [3.8, 4) is 0 Å². The highest BCUT2D eigenvalue weighted by Gasteiger charge is 2.28. The summed E-state index contributed by atoms with van der Waals surface area (Å²) in [5.74, 6) is 0.902. The van der Waals surface area contributed by atoms with Gasteiger partial charge >= 0.3 is 0 Å². The Kier molecular flexibility index (Phi) is 3.59. The summed E-state index contributed by atoms with van der Waals surface area (Å²) in [7, 11) is 0. The molecule has 0 radical (unpaired) electrons. The molecular weight excluding hydrogens is 202 g/mol. The summed E-state index contributed by atoms with van der Waals surface area (Å²) in [5, 5.41) is 0. The van der Waals surface area contributed by atoms with Crippen molar-refractivity contribution < 1.29 is 4.79 Å². The van der Waals surface area contributed by atoms with Crippen LogP contribution in [0.3, 0.4) is 0 Å². The number of imidazole rings is 1. The Morgan fingerprint density at radius 2 is 2.38 bits per heavy atom. The lowest BCUT2D eigenvalue weighted by molar-refractivity contribution is -0.127. The van der Waals surface area contributed by atoms with E-state index in [-0.39, 0.29) is 0 Å². The number of aromatic nitrogens is 2. The van der Waals surface area contributed by atoms with Crippen LogP contribution in [0.5, 0.6) is 0 Å². The molecule has 0 aliphatic carbocycles. The fourth-order valence-corrected chi connectivity index (χ4v) is 2.33. The second-order valence-electron chi connectivity index (χ2n) is 4.50. The van der Waals surface area contributed by atoms with Crippen LogP contribution in [0.2, 0.25) is 0 Å². The van der Waals surface area contributed by atoms with E-state index in [9.17, 15) is 4.79 Å². The van der Waals surface area contributed by atoms with Gasteiger partial charge in [0.25, 0.3) is 0 Å². The molecule has 0 saturated carbocycles. The summed E-state index contributed by atoms with van der Waals surface area (Å²) < 4.78 is 2.01. The Bertz CT molecular complexity index is 334. The number of nitrogens with zero attached hydrogens (tertiary/aromatic N) is 3. The predicted octanol–water partition coefficient (Wildman–Crippen LogP) is 1.53. The summed E-state index contributed by atoms with van der Waals surface area (Å²) in [6.45, 7) is 4.79. The van der Waals surface area contributed by atoms with Gasteiger partial charge < -0.3 is 9.47 Å². The molecule has 0 aromatic carbocycles. The smallest absolute Gasteiger partial charge is 0.222 e. The number of carbonyl (C=O) groups is 1. The molecule has 1 amide bonds. The summed E-state index contributed by atoms with van der Waals surface area (Å²) in [6.07, 6.45) is 8.60. The number of hydrogen-bond acceptors (Lipinski definition) is 2. The summed E-state index contributed by atoms with van der Waals surface area (Å²) in [6, 6.07) is 0. The van der Waals surface area contributed by atoms with Crippen molar-refractivity contribution >= 4 is 5.91 Å². The van der Waals surface area contributed by atoms with E-state index in [1.165, 1.54) is 12.8 Å². The molecule has 1 aromatic rings. The maximum absolute atomic E-state index is 11.7. The Hall–Kier alpha value is -1.32. The normalized spacial score (nSPS) is 20.7. The molecule has 1 saturated heterocycles. The molecule has 4 nitrogen and oxygen atoms in total. The van der Waals surface area contributed by atoms with E-state index in [2.05, 4.69) is 11.9 Å². The van der Waals surface area contributed by atoms with E-state index in [4.69, 9.17) is 0 Å². The quantitative estimate of drug-likeness (QED) is 0.756. The van der Waals surface area contributed by atoms with Gasteiger partial charge in [0.2, 0.25) is 5.91 Å². The average molecular weight is 221 g/mol. The molecular formula is C12H19N3O. The van der Waals surface area contributed by atoms with Crippen molar-refractivity contribution in [3.63, 3.8) is 0 Å². The Balaban J connectivity index is 1.80. The molecule has 1 atom stereocenters. The Morgan fingerprint density at radius 3 is 3.06 bits per heavy atom. The van der Waals surface area contributed by atoms with Gasteiger partial charge in [-0.15, -0.1) is 0 Å². The molecule has 4 heteroatoms. The van der Waals surface area contributed by atoms with Crippen molar-refractivity contribution in [1.29, 1.82) is 0 Å². The highest BCUT2D eigenvalue weighted by molar-refractivity contribution is 5.78.